The van der Waals surface area contributed by atoms with E-state index in [9.17, 15) is 4.79 Å². The first-order valence-corrected chi connectivity index (χ1v) is 7.13. The van der Waals surface area contributed by atoms with Gasteiger partial charge in [0.25, 0.3) is 5.91 Å². The molecule has 2 rings (SSSR count). The summed E-state index contributed by atoms with van der Waals surface area (Å²) in [5, 5.41) is 3.78. The van der Waals surface area contributed by atoms with Crippen LogP contribution in [0.2, 0.25) is 0 Å². The highest BCUT2D eigenvalue weighted by Gasteiger charge is 2.15. The number of hydrazine groups is 1. The number of hydrogen-bond donors (Lipinski definition) is 3. The van der Waals surface area contributed by atoms with Crippen LogP contribution in [0.4, 0.5) is 5.69 Å². The number of nitrogens with one attached hydrogen (secondary N) is 2. The SMILES string of the molecule is CCc1cnc(C(C)NC(=O)c2ccc(NN)cn2)s1. The summed E-state index contributed by atoms with van der Waals surface area (Å²) in [6, 6.07) is 3.18. The van der Waals surface area contributed by atoms with E-state index in [-0.39, 0.29) is 11.9 Å². The molecular weight excluding hydrogens is 274 g/mol. The number of aryl methyl sites for hydroxylation is 1. The lowest BCUT2D eigenvalue weighted by Crippen LogP contribution is -2.27. The summed E-state index contributed by atoms with van der Waals surface area (Å²) in [7, 11) is 0. The quantitative estimate of drug-likeness (QED) is 0.577. The molecule has 1 amide bonds. The van der Waals surface area contributed by atoms with Crippen molar-refractivity contribution in [3.8, 4) is 0 Å². The van der Waals surface area contributed by atoms with Gasteiger partial charge in [-0.25, -0.2) is 9.97 Å². The first kappa shape index (κ1) is 14.4. The molecule has 4 N–H and O–H groups in total. The van der Waals surface area contributed by atoms with E-state index in [1.807, 2.05) is 13.1 Å². The fourth-order valence-corrected chi connectivity index (χ4v) is 2.49. The maximum atomic E-state index is 12.1. The number of amides is 1. The van der Waals surface area contributed by atoms with Crippen LogP contribution in [0.3, 0.4) is 0 Å². The van der Waals surface area contributed by atoms with Crippen LogP contribution in [0.1, 0.15) is 40.3 Å². The van der Waals surface area contributed by atoms with Crippen molar-refractivity contribution in [2.75, 3.05) is 5.43 Å². The van der Waals surface area contributed by atoms with Gasteiger partial charge in [-0.2, -0.15) is 0 Å². The number of nitrogens with two attached hydrogens (primary N) is 1. The molecule has 0 bridgehead atoms. The number of rotatable bonds is 5. The van der Waals surface area contributed by atoms with Gasteiger partial charge in [0.15, 0.2) is 0 Å². The monoisotopic (exact) mass is 291 g/mol. The van der Waals surface area contributed by atoms with Crippen LogP contribution in [-0.2, 0) is 6.42 Å². The van der Waals surface area contributed by atoms with Gasteiger partial charge in [0.1, 0.15) is 10.7 Å². The molecule has 0 aromatic carbocycles. The first-order chi connectivity index (χ1) is 9.63. The molecule has 0 aliphatic rings. The topological polar surface area (TPSA) is 92.9 Å². The number of thiazole rings is 1. The van der Waals surface area contributed by atoms with E-state index in [0.717, 1.165) is 11.4 Å². The van der Waals surface area contributed by atoms with Crippen LogP contribution in [0.25, 0.3) is 0 Å². The Bertz CT molecular complexity index is 581. The van der Waals surface area contributed by atoms with Crippen LogP contribution in [0.5, 0.6) is 0 Å². The van der Waals surface area contributed by atoms with Gasteiger partial charge in [0.05, 0.1) is 17.9 Å². The summed E-state index contributed by atoms with van der Waals surface area (Å²) in [6.07, 6.45) is 4.31. The largest absolute Gasteiger partial charge is 0.342 e. The predicted molar refractivity (Wildman–Crippen MR) is 79.4 cm³/mol. The summed E-state index contributed by atoms with van der Waals surface area (Å²) in [4.78, 5) is 21.6. The molecule has 7 heteroatoms. The Balaban J connectivity index is 2.02. The summed E-state index contributed by atoms with van der Waals surface area (Å²) in [6.45, 7) is 3.99. The second kappa shape index (κ2) is 6.44. The summed E-state index contributed by atoms with van der Waals surface area (Å²) < 4.78 is 0. The lowest BCUT2D eigenvalue weighted by atomic mass is 10.3. The molecule has 0 fully saturated rings. The van der Waals surface area contributed by atoms with E-state index in [1.165, 1.54) is 11.1 Å². The second-order valence-corrected chi connectivity index (χ2v) is 5.44. The van der Waals surface area contributed by atoms with E-state index < -0.39 is 0 Å². The highest BCUT2D eigenvalue weighted by Crippen LogP contribution is 2.20. The van der Waals surface area contributed by atoms with Crippen molar-refractivity contribution in [2.24, 2.45) is 5.84 Å². The lowest BCUT2D eigenvalue weighted by molar-refractivity contribution is 0.0935. The van der Waals surface area contributed by atoms with Gasteiger partial charge in [-0.1, -0.05) is 6.92 Å². The molecule has 2 aromatic heterocycles. The third-order valence-electron chi connectivity index (χ3n) is 2.80. The molecule has 0 radical (unpaired) electrons. The maximum absolute atomic E-state index is 12.1. The Kier molecular flexibility index (Phi) is 4.65. The molecule has 0 spiro atoms. The Morgan fingerprint density at radius 2 is 2.20 bits per heavy atom. The molecule has 1 unspecified atom stereocenters. The van der Waals surface area contributed by atoms with Crippen molar-refractivity contribution in [1.29, 1.82) is 0 Å². The van der Waals surface area contributed by atoms with Crippen molar-refractivity contribution in [2.45, 2.75) is 26.3 Å². The van der Waals surface area contributed by atoms with E-state index in [2.05, 4.69) is 27.6 Å². The predicted octanol–water partition coefficient (Wildman–Crippen LogP) is 1.88. The molecule has 0 saturated heterocycles. The molecule has 106 valence electrons. The van der Waals surface area contributed by atoms with Crippen molar-refractivity contribution in [1.82, 2.24) is 15.3 Å². The van der Waals surface area contributed by atoms with Gasteiger partial charge in [0.2, 0.25) is 0 Å². The molecule has 20 heavy (non-hydrogen) atoms. The zero-order chi connectivity index (χ0) is 14.5. The molecule has 0 saturated carbocycles. The molecule has 1 atom stereocenters. The Morgan fingerprint density at radius 3 is 2.75 bits per heavy atom. The fourth-order valence-electron chi connectivity index (χ4n) is 1.63. The van der Waals surface area contributed by atoms with Gasteiger partial charge in [-0.05, 0) is 25.5 Å². The van der Waals surface area contributed by atoms with Crippen LogP contribution >= 0.6 is 11.3 Å². The molecular formula is C13H17N5OS. The van der Waals surface area contributed by atoms with E-state index in [0.29, 0.717) is 11.4 Å². The normalized spacial score (nSPS) is 11.9. The van der Waals surface area contributed by atoms with Crippen molar-refractivity contribution >= 4 is 22.9 Å². The standard InChI is InChI=1S/C13H17N5OS/c1-3-10-7-16-13(20-10)8(2)17-12(19)11-5-4-9(18-14)6-15-11/h4-8,18H,3,14H2,1-2H3,(H,17,19). The highest BCUT2D eigenvalue weighted by molar-refractivity contribution is 7.11. The maximum Gasteiger partial charge on any atom is 0.270 e. The number of hydrogen-bond acceptors (Lipinski definition) is 6. The molecule has 2 aromatic rings. The molecule has 0 aliphatic carbocycles. The average molecular weight is 291 g/mol. The molecule has 6 nitrogen and oxygen atoms in total. The zero-order valence-electron chi connectivity index (χ0n) is 11.4. The van der Waals surface area contributed by atoms with E-state index >= 15 is 0 Å². The minimum Gasteiger partial charge on any atom is -0.342 e. The van der Waals surface area contributed by atoms with Crippen LogP contribution < -0.4 is 16.6 Å². The number of anilines is 1. The number of aromatic nitrogens is 2. The minimum absolute atomic E-state index is 0.137. The number of nitrogens with zero attached hydrogens (tertiary/aromatic N) is 2. The number of nitrogen functional groups attached to an aromatic ring is 1. The third kappa shape index (κ3) is 3.31. The first-order valence-electron chi connectivity index (χ1n) is 6.32. The van der Waals surface area contributed by atoms with E-state index in [4.69, 9.17) is 5.84 Å². The second-order valence-electron chi connectivity index (χ2n) is 4.29. The van der Waals surface area contributed by atoms with Crippen LogP contribution in [-0.4, -0.2) is 15.9 Å². The smallest absolute Gasteiger partial charge is 0.270 e. The van der Waals surface area contributed by atoms with Crippen molar-refractivity contribution in [3.05, 3.63) is 40.1 Å². The summed E-state index contributed by atoms with van der Waals surface area (Å²) >= 11 is 1.61. The number of pyridine rings is 1. The highest BCUT2D eigenvalue weighted by atomic mass is 32.1. The minimum atomic E-state index is -0.227. The van der Waals surface area contributed by atoms with Gasteiger partial charge in [-0.3, -0.25) is 10.6 Å². The van der Waals surface area contributed by atoms with Crippen molar-refractivity contribution < 1.29 is 4.79 Å². The molecule has 2 heterocycles. The Labute approximate surface area is 121 Å². The summed E-state index contributed by atoms with van der Waals surface area (Å²) in [5.41, 5.74) is 3.47. The third-order valence-corrected chi connectivity index (χ3v) is 4.13. The lowest BCUT2D eigenvalue weighted by Gasteiger charge is -2.11. The van der Waals surface area contributed by atoms with Gasteiger partial charge in [-0.15, -0.1) is 11.3 Å². The van der Waals surface area contributed by atoms with Crippen LogP contribution in [0, 0.1) is 0 Å². The van der Waals surface area contributed by atoms with Gasteiger partial charge < -0.3 is 10.7 Å². The average Bonchev–Trinajstić information content (AvgIpc) is 2.96. The number of carbonyl (C=O) groups excluding carboxylic acids is 1. The summed E-state index contributed by atoms with van der Waals surface area (Å²) in [5.74, 6) is 5.02. The molecule has 0 aliphatic heterocycles. The van der Waals surface area contributed by atoms with Crippen LogP contribution in [0.15, 0.2) is 24.5 Å². The zero-order valence-corrected chi connectivity index (χ0v) is 12.2. The van der Waals surface area contributed by atoms with E-state index in [1.54, 1.807) is 23.5 Å². The number of carbonyl (C=O) groups is 1. The fraction of sp³-hybridized carbons (Fsp3) is 0.308. The van der Waals surface area contributed by atoms with Crippen molar-refractivity contribution in [3.63, 3.8) is 0 Å². The Morgan fingerprint density at radius 1 is 1.40 bits per heavy atom. The van der Waals surface area contributed by atoms with Gasteiger partial charge >= 0.3 is 0 Å². The van der Waals surface area contributed by atoms with Gasteiger partial charge in [0, 0.05) is 11.1 Å². The Hall–Kier alpha value is -1.99.